The first-order valence-corrected chi connectivity index (χ1v) is 8.19. The summed E-state index contributed by atoms with van der Waals surface area (Å²) in [6.07, 6.45) is 0.903. The van der Waals surface area contributed by atoms with Gasteiger partial charge in [-0.3, -0.25) is 0 Å². The minimum Gasteiger partial charge on any atom is -0.382 e. The van der Waals surface area contributed by atoms with E-state index in [2.05, 4.69) is 46.4 Å². The zero-order valence-electron chi connectivity index (χ0n) is 13.0. The van der Waals surface area contributed by atoms with E-state index in [-0.39, 0.29) is 0 Å². The third-order valence-electron chi connectivity index (χ3n) is 2.96. The number of methoxy groups -OCH3 is 1. The molecule has 0 aliphatic carbocycles. The van der Waals surface area contributed by atoms with Crippen molar-refractivity contribution in [1.82, 2.24) is 5.32 Å². The smallest absolute Gasteiger partial charge is 0.0727 e. The van der Waals surface area contributed by atoms with Crippen molar-refractivity contribution >= 4 is 15.9 Å². The van der Waals surface area contributed by atoms with Gasteiger partial charge in [0.25, 0.3) is 0 Å². The molecule has 0 aliphatic rings. The van der Waals surface area contributed by atoms with Gasteiger partial charge in [-0.15, -0.1) is 0 Å². The predicted molar refractivity (Wildman–Crippen MR) is 88.5 cm³/mol. The van der Waals surface area contributed by atoms with Gasteiger partial charge in [-0.25, -0.2) is 0 Å². The van der Waals surface area contributed by atoms with Gasteiger partial charge < -0.3 is 19.5 Å². The van der Waals surface area contributed by atoms with Crippen LogP contribution in [0.4, 0.5) is 0 Å². The van der Waals surface area contributed by atoms with Crippen molar-refractivity contribution in [3.8, 4) is 0 Å². The van der Waals surface area contributed by atoms with Crippen molar-refractivity contribution in [2.24, 2.45) is 0 Å². The molecule has 4 nitrogen and oxygen atoms in total. The fourth-order valence-electron chi connectivity index (χ4n) is 1.78. The van der Waals surface area contributed by atoms with Crippen LogP contribution < -0.4 is 5.32 Å². The molecule has 0 radical (unpaired) electrons. The molecule has 0 amide bonds. The number of benzene rings is 1. The van der Waals surface area contributed by atoms with E-state index in [4.69, 9.17) is 14.2 Å². The standard InChI is InChI=1S/C16H26BrNO3/c1-3-18-12-14-5-6-15(16(17)11-14)13-21-8-4-7-20-10-9-19-2/h5-6,11,18H,3-4,7-10,12-13H2,1-2H3. The summed E-state index contributed by atoms with van der Waals surface area (Å²) in [7, 11) is 1.67. The molecule has 1 aromatic carbocycles. The van der Waals surface area contributed by atoms with Crippen molar-refractivity contribution < 1.29 is 14.2 Å². The maximum absolute atomic E-state index is 5.67. The van der Waals surface area contributed by atoms with Crippen molar-refractivity contribution in [3.05, 3.63) is 33.8 Å². The molecule has 21 heavy (non-hydrogen) atoms. The van der Waals surface area contributed by atoms with E-state index in [0.29, 0.717) is 33.0 Å². The molecule has 0 saturated heterocycles. The Morgan fingerprint density at radius 3 is 2.62 bits per heavy atom. The Kier molecular flexibility index (Phi) is 10.7. The summed E-state index contributed by atoms with van der Waals surface area (Å²) in [6.45, 7) is 7.33. The molecule has 0 aliphatic heterocycles. The van der Waals surface area contributed by atoms with Crippen LogP contribution >= 0.6 is 15.9 Å². The lowest BCUT2D eigenvalue weighted by molar-refractivity contribution is 0.0482. The van der Waals surface area contributed by atoms with Crippen LogP contribution in [0.1, 0.15) is 24.5 Å². The number of rotatable bonds is 12. The Balaban J connectivity index is 2.17. The van der Waals surface area contributed by atoms with Crippen LogP contribution in [-0.4, -0.2) is 40.1 Å². The monoisotopic (exact) mass is 359 g/mol. The lowest BCUT2D eigenvalue weighted by Crippen LogP contribution is -2.11. The van der Waals surface area contributed by atoms with Gasteiger partial charge in [0.05, 0.1) is 19.8 Å². The maximum Gasteiger partial charge on any atom is 0.0727 e. The number of hydrogen-bond donors (Lipinski definition) is 1. The summed E-state index contributed by atoms with van der Waals surface area (Å²) in [5.41, 5.74) is 2.45. The highest BCUT2D eigenvalue weighted by atomic mass is 79.9. The SMILES string of the molecule is CCNCc1ccc(COCCCOCCOC)c(Br)c1. The summed E-state index contributed by atoms with van der Waals surface area (Å²) in [5, 5.41) is 3.32. The molecule has 1 aromatic rings. The van der Waals surface area contributed by atoms with Gasteiger partial charge in [-0.05, 0) is 30.2 Å². The number of halogens is 1. The topological polar surface area (TPSA) is 39.7 Å². The molecule has 0 bridgehead atoms. The Labute approximate surface area is 136 Å². The van der Waals surface area contributed by atoms with E-state index in [9.17, 15) is 0 Å². The lowest BCUT2D eigenvalue weighted by atomic mass is 10.1. The molecule has 0 spiro atoms. The normalized spacial score (nSPS) is 11.0. The number of ether oxygens (including phenoxy) is 3. The first-order valence-electron chi connectivity index (χ1n) is 7.40. The van der Waals surface area contributed by atoms with E-state index in [1.54, 1.807) is 7.11 Å². The van der Waals surface area contributed by atoms with Crippen LogP contribution in [0.25, 0.3) is 0 Å². The highest BCUT2D eigenvalue weighted by Gasteiger charge is 2.02. The van der Waals surface area contributed by atoms with Gasteiger partial charge in [-0.1, -0.05) is 35.0 Å². The number of nitrogens with one attached hydrogen (secondary N) is 1. The summed E-state index contributed by atoms with van der Waals surface area (Å²) < 4.78 is 17.1. The Morgan fingerprint density at radius 2 is 1.90 bits per heavy atom. The zero-order valence-corrected chi connectivity index (χ0v) is 14.6. The summed E-state index contributed by atoms with van der Waals surface area (Å²) in [4.78, 5) is 0. The lowest BCUT2D eigenvalue weighted by Gasteiger charge is -2.09. The second kappa shape index (κ2) is 12.1. The van der Waals surface area contributed by atoms with Crippen LogP contribution in [-0.2, 0) is 27.4 Å². The van der Waals surface area contributed by atoms with E-state index in [1.807, 2.05) is 0 Å². The fraction of sp³-hybridized carbons (Fsp3) is 0.625. The van der Waals surface area contributed by atoms with Gasteiger partial charge >= 0.3 is 0 Å². The molecule has 0 fully saturated rings. The molecule has 0 unspecified atom stereocenters. The van der Waals surface area contributed by atoms with E-state index < -0.39 is 0 Å². The molecule has 1 N–H and O–H groups in total. The second-order valence-corrected chi connectivity index (χ2v) is 5.57. The average molecular weight is 360 g/mol. The first kappa shape index (κ1) is 18.6. The summed E-state index contributed by atoms with van der Waals surface area (Å²) in [6, 6.07) is 6.40. The Bertz CT molecular complexity index is 388. The van der Waals surface area contributed by atoms with Gasteiger partial charge in [0.1, 0.15) is 0 Å². The minimum atomic E-state index is 0.625. The van der Waals surface area contributed by atoms with Gasteiger partial charge in [0.2, 0.25) is 0 Å². The maximum atomic E-state index is 5.67. The van der Waals surface area contributed by atoms with Crippen molar-refractivity contribution in [2.75, 3.05) is 40.1 Å². The van der Waals surface area contributed by atoms with Crippen LogP contribution in [0.2, 0.25) is 0 Å². The van der Waals surface area contributed by atoms with Gasteiger partial charge in [-0.2, -0.15) is 0 Å². The molecule has 0 saturated carbocycles. The molecule has 5 heteroatoms. The van der Waals surface area contributed by atoms with E-state index in [1.165, 1.54) is 11.1 Å². The highest BCUT2D eigenvalue weighted by Crippen LogP contribution is 2.19. The Hall–Kier alpha value is -0.460. The molecular weight excluding hydrogens is 334 g/mol. The van der Waals surface area contributed by atoms with Gasteiger partial charge in [0.15, 0.2) is 0 Å². The van der Waals surface area contributed by atoms with Crippen molar-refractivity contribution in [3.63, 3.8) is 0 Å². The van der Waals surface area contributed by atoms with Crippen molar-refractivity contribution in [1.29, 1.82) is 0 Å². The quantitative estimate of drug-likeness (QED) is 0.582. The third-order valence-corrected chi connectivity index (χ3v) is 3.70. The zero-order chi connectivity index (χ0) is 15.3. The average Bonchev–Trinajstić information content (AvgIpc) is 2.49. The van der Waals surface area contributed by atoms with Gasteiger partial charge in [0, 0.05) is 31.3 Å². The fourth-order valence-corrected chi connectivity index (χ4v) is 2.32. The van der Waals surface area contributed by atoms with Crippen LogP contribution in [0, 0.1) is 0 Å². The highest BCUT2D eigenvalue weighted by molar-refractivity contribution is 9.10. The Morgan fingerprint density at radius 1 is 1.10 bits per heavy atom. The molecule has 1 rings (SSSR count). The molecule has 120 valence electrons. The second-order valence-electron chi connectivity index (χ2n) is 4.72. The molecule has 0 aromatic heterocycles. The summed E-state index contributed by atoms with van der Waals surface area (Å²) in [5.74, 6) is 0. The largest absolute Gasteiger partial charge is 0.382 e. The molecule has 0 heterocycles. The van der Waals surface area contributed by atoms with E-state index in [0.717, 1.165) is 24.0 Å². The third kappa shape index (κ3) is 8.53. The molecule has 0 atom stereocenters. The molecular formula is C16H26BrNO3. The summed E-state index contributed by atoms with van der Waals surface area (Å²) >= 11 is 3.60. The van der Waals surface area contributed by atoms with Crippen LogP contribution in [0.5, 0.6) is 0 Å². The van der Waals surface area contributed by atoms with Crippen molar-refractivity contribution in [2.45, 2.75) is 26.5 Å². The predicted octanol–water partition coefficient (Wildman–Crippen LogP) is 3.13. The van der Waals surface area contributed by atoms with Crippen LogP contribution in [0.15, 0.2) is 22.7 Å². The number of hydrogen-bond acceptors (Lipinski definition) is 4. The van der Waals surface area contributed by atoms with E-state index >= 15 is 0 Å². The first-order chi connectivity index (χ1) is 10.3. The minimum absolute atomic E-state index is 0.625. The van der Waals surface area contributed by atoms with Crippen LogP contribution in [0.3, 0.4) is 0 Å².